The van der Waals surface area contributed by atoms with Gasteiger partial charge in [-0.15, -0.1) is 0 Å². The Hall–Kier alpha value is -3.43. The number of ether oxygens (including phenoxy) is 2. The Morgan fingerprint density at radius 2 is 1.94 bits per heavy atom. The topological polar surface area (TPSA) is 106 Å². The van der Waals surface area contributed by atoms with E-state index < -0.39 is 18.0 Å². The number of carbonyl (C=O) groups is 1. The second kappa shape index (κ2) is 14.1. The van der Waals surface area contributed by atoms with Gasteiger partial charge in [0.2, 0.25) is 0 Å². The summed E-state index contributed by atoms with van der Waals surface area (Å²) in [4.78, 5) is 20.6. The Bertz CT molecular complexity index is 1110. The van der Waals surface area contributed by atoms with Crippen LogP contribution in [-0.4, -0.2) is 54.0 Å². The second-order valence-corrected chi connectivity index (χ2v) is 7.92. The van der Waals surface area contributed by atoms with E-state index in [0.717, 1.165) is 16.6 Å². The molecule has 188 valence electrons. The summed E-state index contributed by atoms with van der Waals surface area (Å²) in [7, 11) is 0. The molecule has 2 heterocycles. The zero-order chi connectivity index (χ0) is 25.8. The first-order chi connectivity index (χ1) is 17.0. The zero-order valence-electron chi connectivity index (χ0n) is 20.5. The van der Waals surface area contributed by atoms with Crippen molar-refractivity contribution in [3.63, 3.8) is 0 Å². The molecule has 2 unspecified atom stereocenters. The Morgan fingerprint density at radius 3 is 2.54 bits per heavy atom. The van der Waals surface area contributed by atoms with E-state index in [9.17, 15) is 9.50 Å². The quantitative estimate of drug-likeness (QED) is 0.438. The molecule has 2 aromatic carbocycles. The van der Waals surface area contributed by atoms with Crippen molar-refractivity contribution in [3.8, 4) is 5.75 Å². The van der Waals surface area contributed by atoms with E-state index in [1.807, 2.05) is 25.8 Å². The normalized spacial score (nSPS) is 16.5. The van der Waals surface area contributed by atoms with Crippen molar-refractivity contribution in [2.24, 2.45) is 4.99 Å². The molecule has 1 aliphatic heterocycles. The fraction of sp³-hybridized carbons (Fsp3) is 0.385. The van der Waals surface area contributed by atoms with Gasteiger partial charge >= 0.3 is 0 Å². The van der Waals surface area contributed by atoms with Crippen LogP contribution < -0.4 is 10.1 Å². The van der Waals surface area contributed by atoms with Crippen molar-refractivity contribution in [3.05, 3.63) is 48.0 Å². The van der Waals surface area contributed by atoms with Gasteiger partial charge in [0.1, 0.15) is 36.6 Å². The number of benzene rings is 2. The van der Waals surface area contributed by atoms with Crippen LogP contribution in [0.1, 0.15) is 38.7 Å². The molecule has 2 atom stereocenters. The van der Waals surface area contributed by atoms with Crippen LogP contribution in [0.25, 0.3) is 10.9 Å². The minimum absolute atomic E-state index is 0.193. The number of unbranched alkanes of at least 4 members (excludes halogenated alkanes) is 2. The summed E-state index contributed by atoms with van der Waals surface area (Å²) in [6.07, 6.45) is 4.19. The third-order valence-electron chi connectivity index (χ3n) is 5.28. The number of aromatic nitrogens is 2. The summed E-state index contributed by atoms with van der Waals surface area (Å²) in [6, 6.07) is 7.86. The first-order valence-corrected chi connectivity index (χ1v) is 11.5. The van der Waals surface area contributed by atoms with Gasteiger partial charge in [-0.05, 0) is 43.5 Å². The van der Waals surface area contributed by atoms with Gasteiger partial charge in [-0.3, -0.25) is 4.99 Å². The predicted octanol–water partition coefficient (Wildman–Crippen LogP) is 5.30. The van der Waals surface area contributed by atoms with Gasteiger partial charge in [0.05, 0.1) is 30.1 Å². The first kappa shape index (κ1) is 27.8. The van der Waals surface area contributed by atoms with Crippen LogP contribution in [0.3, 0.4) is 0 Å². The fourth-order valence-corrected chi connectivity index (χ4v) is 3.54. The maximum absolute atomic E-state index is 13.8. The molecule has 0 radical (unpaired) electrons. The average Bonchev–Trinajstić information content (AvgIpc) is 3.27. The fourth-order valence-electron chi connectivity index (χ4n) is 3.54. The van der Waals surface area contributed by atoms with Crippen molar-refractivity contribution in [1.29, 1.82) is 0 Å². The number of aryl methyl sites for hydroxylation is 1. The largest absolute Gasteiger partial charge is 0.483 e. The molecule has 3 aromatic rings. The Morgan fingerprint density at radius 1 is 1.20 bits per heavy atom. The molecule has 1 fully saturated rings. The molecule has 2 N–H and O–H groups in total. The summed E-state index contributed by atoms with van der Waals surface area (Å²) in [5, 5.41) is 13.9. The molecule has 8 nitrogen and oxygen atoms in total. The number of aliphatic imine (C=N–C) groups is 1. The summed E-state index contributed by atoms with van der Waals surface area (Å²) in [6.45, 7) is 12.3. The molecule has 4 rings (SSSR count). The highest BCUT2D eigenvalue weighted by Crippen LogP contribution is 2.34. The Balaban J connectivity index is 0.000000551. The lowest BCUT2D eigenvalue weighted by molar-refractivity contribution is -0.0980. The molecule has 1 aromatic heterocycles. The number of halogens is 1. The van der Waals surface area contributed by atoms with Crippen LogP contribution in [0, 0.1) is 12.7 Å². The van der Waals surface area contributed by atoms with E-state index in [-0.39, 0.29) is 19.0 Å². The van der Waals surface area contributed by atoms with Gasteiger partial charge < -0.3 is 24.7 Å². The minimum Gasteiger partial charge on any atom is -0.483 e. The summed E-state index contributed by atoms with van der Waals surface area (Å²) in [5.41, 5.74) is 2.87. The number of nitrogens with zero attached hydrogens (tertiary/aromatic N) is 3. The number of aliphatic hydroxyl groups is 1. The van der Waals surface area contributed by atoms with Crippen LogP contribution in [0.5, 0.6) is 5.75 Å². The number of fused-ring (bicyclic) bond motifs is 1. The highest BCUT2D eigenvalue weighted by Gasteiger charge is 2.29. The number of rotatable bonds is 7. The SMILES string of the molecule is C=Nc1cc(C)c2c(Nc3ccc(F)cc3OC3COCC3O)ncnc2c1.C=O.CCCCC. The lowest BCUT2D eigenvalue weighted by atomic mass is 10.1. The maximum Gasteiger partial charge on any atom is 0.150 e. The summed E-state index contributed by atoms with van der Waals surface area (Å²) in [5.74, 6) is 0.375. The number of nitrogens with one attached hydrogen (secondary N) is 1. The van der Waals surface area contributed by atoms with Crippen LogP contribution in [-0.2, 0) is 9.53 Å². The highest BCUT2D eigenvalue weighted by molar-refractivity contribution is 5.95. The maximum atomic E-state index is 13.8. The van der Waals surface area contributed by atoms with E-state index in [1.165, 1.54) is 37.7 Å². The molecule has 0 spiro atoms. The number of hydrogen-bond donors (Lipinski definition) is 2. The van der Waals surface area contributed by atoms with E-state index in [2.05, 4.69) is 40.8 Å². The van der Waals surface area contributed by atoms with Crippen molar-refractivity contribution in [2.75, 3.05) is 18.5 Å². The van der Waals surface area contributed by atoms with Crippen molar-refractivity contribution in [2.45, 2.75) is 52.2 Å². The predicted molar refractivity (Wildman–Crippen MR) is 137 cm³/mol. The molecule has 0 amide bonds. The van der Waals surface area contributed by atoms with Gasteiger partial charge in [0.25, 0.3) is 0 Å². The molecule has 1 aliphatic rings. The van der Waals surface area contributed by atoms with Crippen LogP contribution in [0.4, 0.5) is 21.6 Å². The molecular weight excluding hydrogens is 451 g/mol. The van der Waals surface area contributed by atoms with Crippen LogP contribution >= 0.6 is 0 Å². The van der Waals surface area contributed by atoms with Crippen molar-refractivity contribution in [1.82, 2.24) is 9.97 Å². The molecule has 0 aliphatic carbocycles. The molecule has 0 bridgehead atoms. The summed E-state index contributed by atoms with van der Waals surface area (Å²) < 4.78 is 24.8. The van der Waals surface area contributed by atoms with E-state index in [4.69, 9.17) is 14.3 Å². The highest BCUT2D eigenvalue weighted by atomic mass is 19.1. The Labute approximate surface area is 205 Å². The molecule has 0 saturated carbocycles. The Kier molecular flexibility index (Phi) is 11.2. The number of aliphatic hydroxyl groups excluding tert-OH is 1. The number of carbonyl (C=O) groups excluding carboxylic acids is 1. The van der Waals surface area contributed by atoms with Gasteiger partial charge in [0.15, 0.2) is 6.10 Å². The van der Waals surface area contributed by atoms with Gasteiger partial charge in [-0.2, -0.15) is 0 Å². The zero-order valence-corrected chi connectivity index (χ0v) is 20.5. The smallest absolute Gasteiger partial charge is 0.150 e. The monoisotopic (exact) mass is 484 g/mol. The van der Waals surface area contributed by atoms with Crippen LogP contribution in [0.2, 0.25) is 0 Å². The summed E-state index contributed by atoms with van der Waals surface area (Å²) >= 11 is 0. The third-order valence-corrected chi connectivity index (χ3v) is 5.28. The molecular formula is C26H33FN4O4. The van der Waals surface area contributed by atoms with E-state index in [0.29, 0.717) is 17.0 Å². The third kappa shape index (κ3) is 7.53. The van der Waals surface area contributed by atoms with E-state index >= 15 is 0 Å². The molecule has 35 heavy (non-hydrogen) atoms. The second-order valence-electron chi connectivity index (χ2n) is 7.92. The van der Waals surface area contributed by atoms with Gasteiger partial charge in [-0.25, -0.2) is 14.4 Å². The van der Waals surface area contributed by atoms with Crippen molar-refractivity contribution >= 4 is 41.6 Å². The minimum atomic E-state index is -0.761. The van der Waals surface area contributed by atoms with Gasteiger partial charge in [0, 0.05) is 11.5 Å². The number of hydrogen-bond acceptors (Lipinski definition) is 8. The number of anilines is 2. The van der Waals surface area contributed by atoms with Crippen LogP contribution in [0.15, 0.2) is 41.7 Å². The molecule has 9 heteroatoms. The molecule has 1 saturated heterocycles. The van der Waals surface area contributed by atoms with E-state index in [1.54, 1.807) is 6.07 Å². The van der Waals surface area contributed by atoms with Crippen molar-refractivity contribution < 1.29 is 23.8 Å². The van der Waals surface area contributed by atoms with Gasteiger partial charge in [-0.1, -0.05) is 33.1 Å². The first-order valence-electron chi connectivity index (χ1n) is 11.5. The lowest BCUT2D eigenvalue weighted by Gasteiger charge is -2.19. The lowest BCUT2D eigenvalue weighted by Crippen LogP contribution is -2.30. The standard InChI is InChI=1S/C20H19FN4O3.C5H12.CH2O/c1-11-5-13(22-2)7-15-19(11)20(24-10-23-15)25-14-4-3-12(21)6-17(14)28-18-9-27-8-16(18)26;1-3-5-4-2;1-2/h3-7,10,16,18,26H,2,8-9H2,1H3,(H,23,24,25);3-5H2,1-2H3;1H2. The average molecular weight is 485 g/mol.